The Morgan fingerprint density at radius 3 is 2.21 bits per heavy atom. The molecular weight excluding hydrogens is 198 g/mol. The fourth-order valence-electron chi connectivity index (χ4n) is 2.94. The Morgan fingerprint density at radius 2 is 1.71 bits per heavy atom. The van der Waals surface area contributed by atoms with Gasteiger partial charge < -0.3 is 0 Å². The second-order valence-electron chi connectivity index (χ2n) is 5.00. The van der Waals surface area contributed by atoms with Crippen molar-refractivity contribution in [2.45, 2.75) is 55.7 Å². The van der Waals surface area contributed by atoms with Gasteiger partial charge in [-0.1, -0.05) is 0 Å². The monoisotopic (exact) mass is 215 g/mol. The summed E-state index contributed by atoms with van der Waals surface area (Å²) in [5.74, 6) is 0. The molecule has 0 N–H and O–H groups in total. The smallest absolute Gasteiger partial charge is 0.212 e. The molecule has 3 fully saturated rings. The summed E-state index contributed by atoms with van der Waals surface area (Å²) in [5.41, 5.74) is 0.0847. The van der Waals surface area contributed by atoms with Crippen LogP contribution in [-0.2, 0) is 10.0 Å². The number of hydrogen-bond donors (Lipinski definition) is 0. The Morgan fingerprint density at radius 1 is 1.07 bits per heavy atom. The van der Waals surface area contributed by atoms with Crippen LogP contribution in [0.25, 0.3) is 0 Å². The van der Waals surface area contributed by atoms with Gasteiger partial charge in [-0.2, -0.15) is 4.31 Å². The molecule has 0 bridgehead atoms. The first-order valence-electron chi connectivity index (χ1n) is 5.67. The molecule has 1 saturated heterocycles. The van der Waals surface area contributed by atoms with E-state index in [1.807, 2.05) is 4.31 Å². The molecule has 14 heavy (non-hydrogen) atoms. The lowest BCUT2D eigenvalue weighted by Gasteiger charge is -2.45. The lowest BCUT2D eigenvalue weighted by Crippen LogP contribution is -2.52. The van der Waals surface area contributed by atoms with Gasteiger partial charge in [0.1, 0.15) is 0 Å². The van der Waals surface area contributed by atoms with Crippen LogP contribution in [-0.4, -0.2) is 30.1 Å². The van der Waals surface area contributed by atoms with E-state index >= 15 is 0 Å². The van der Waals surface area contributed by atoms with Crippen LogP contribution < -0.4 is 0 Å². The summed E-state index contributed by atoms with van der Waals surface area (Å²) in [6, 6.07) is 0. The molecule has 2 aliphatic carbocycles. The predicted octanol–water partition coefficient (Wildman–Crippen LogP) is 1.50. The zero-order valence-electron chi connectivity index (χ0n) is 8.41. The molecule has 1 aliphatic heterocycles. The van der Waals surface area contributed by atoms with E-state index < -0.39 is 10.0 Å². The van der Waals surface area contributed by atoms with Crippen LogP contribution >= 0.6 is 0 Å². The molecule has 0 amide bonds. The highest BCUT2D eigenvalue weighted by molar-refractivity contribution is 7.90. The Hall–Kier alpha value is -0.0900. The van der Waals surface area contributed by atoms with Crippen molar-refractivity contribution in [2.24, 2.45) is 0 Å². The van der Waals surface area contributed by atoms with Gasteiger partial charge in [-0.3, -0.25) is 0 Å². The van der Waals surface area contributed by atoms with Gasteiger partial charge in [0, 0.05) is 12.1 Å². The molecule has 0 aromatic rings. The van der Waals surface area contributed by atoms with E-state index in [4.69, 9.17) is 0 Å². The molecule has 2 saturated carbocycles. The topological polar surface area (TPSA) is 37.4 Å². The standard InChI is InChI=1S/C10H17NO2S/c12-14(13,9-3-4-9)11-8-2-7-10(11)5-1-6-10/h9H,1-8H2. The number of nitrogens with zero attached hydrogens (tertiary/aromatic N) is 1. The summed E-state index contributed by atoms with van der Waals surface area (Å²) < 4.78 is 26.1. The quantitative estimate of drug-likeness (QED) is 0.700. The third kappa shape index (κ3) is 1.10. The third-order valence-corrected chi connectivity index (χ3v) is 6.57. The van der Waals surface area contributed by atoms with E-state index in [9.17, 15) is 8.42 Å². The minimum Gasteiger partial charge on any atom is -0.212 e. The Bertz CT molecular complexity index is 341. The predicted molar refractivity (Wildman–Crippen MR) is 54.5 cm³/mol. The van der Waals surface area contributed by atoms with Crippen LogP contribution in [0.4, 0.5) is 0 Å². The lowest BCUT2D eigenvalue weighted by molar-refractivity contribution is 0.127. The van der Waals surface area contributed by atoms with Crippen molar-refractivity contribution in [2.75, 3.05) is 6.54 Å². The van der Waals surface area contributed by atoms with Crippen molar-refractivity contribution in [1.29, 1.82) is 0 Å². The van der Waals surface area contributed by atoms with Crippen LogP contribution in [0.2, 0.25) is 0 Å². The maximum absolute atomic E-state index is 12.1. The normalized spacial score (nSPS) is 32.0. The Kier molecular flexibility index (Phi) is 1.78. The van der Waals surface area contributed by atoms with Gasteiger partial charge in [-0.15, -0.1) is 0 Å². The fourth-order valence-corrected chi connectivity index (χ4v) is 5.23. The summed E-state index contributed by atoms with van der Waals surface area (Å²) in [4.78, 5) is 0. The second kappa shape index (κ2) is 2.73. The molecule has 0 unspecified atom stereocenters. The van der Waals surface area contributed by atoms with Gasteiger partial charge in [-0.05, 0) is 44.9 Å². The molecule has 0 aromatic carbocycles. The van der Waals surface area contributed by atoms with Crippen molar-refractivity contribution in [1.82, 2.24) is 4.31 Å². The molecule has 80 valence electrons. The first-order chi connectivity index (χ1) is 6.65. The number of sulfonamides is 1. The first-order valence-corrected chi connectivity index (χ1v) is 7.17. The second-order valence-corrected chi connectivity index (χ2v) is 7.14. The SMILES string of the molecule is O=S(=O)(C1CC1)N1CCCC12CCC2. The van der Waals surface area contributed by atoms with Gasteiger partial charge in [0.25, 0.3) is 0 Å². The fraction of sp³-hybridized carbons (Fsp3) is 1.00. The largest absolute Gasteiger partial charge is 0.217 e. The molecule has 0 atom stereocenters. The van der Waals surface area contributed by atoms with E-state index in [1.165, 1.54) is 6.42 Å². The van der Waals surface area contributed by atoms with Crippen molar-refractivity contribution in [3.63, 3.8) is 0 Å². The lowest BCUT2D eigenvalue weighted by atomic mass is 9.76. The maximum Gasteiger partial charge on any atom is 0.217 e. The summed E-state index contributed by atoms with van der Waals surface area (Å²) in [6.45, 7) is 0.791. The molecule has 0 aromatic heterocycles. The average molecular weight is 215 g/mol. The first kappa shape index (κ1) is 9.16. The van der Waals surface area contributed by atoms with Crippen LogP contribution in [0, 0.1) is 0 Å². The number of rotatable bonds is 2. The molecule has 1 heterocycles. The zero-order chi connectivity index (χ0) is 9.81. The summed E-state index contributed by atoms with van der Waals surface area (Å²) in [7, 11) is -2.90. The van der Waals surface area contributed by atoms with E-state index in [0.29, 0.717) is 0 Å². The highest BCUT2D eigenvalue weighted by Gasteiger charge is 2.54. The Labute approximate surface area is 85.5 Å². The molecule has 3 aliphatic rings. The van der Waals surface area contributed by atoms with Gasteiger partial charge in [0.15, 0.2) is 0 Å². The highest BCUT2D eigenvalue weighted by atomic mass is 32.2. The van der Waals surface area contributed by atoms with E-state index in [0.717, 1.165) is 45.1 Å². The van der Waals surface area contributed by atoms with Crippen molar-refractivity contribution in [3.05, 3.63) is 0 Å². The van der Waals surface area contributed by atoms with Crippen molar-refractivity contribution in [3.8, 4) is 0 Å². The van der Waals surface area contributed by atoms with Gasteiger partial charge >= 0.3 is 0 Å². The summed E-state index contributed by atoms with van der Waals surface area (Å²) in [5, 5.41) is -0.0157. The minimum atomic E-state index is -2.90. The van der Waals surface area contributed by atoms with Crippen LogP contribution in [0.1, 0.15) is 44.9 Å². The average Bonchev–Trinajstić information content (AvgIpc) is 2.81. The van der Waals surface area contributed by atoms with E-state index in [2.05, 4.69) is 0 Å². The van der Waals surface area contributed by atoms with Gasteiger partial charge in [0.05, 0.1) is 5.25 Å². The molecule has 3 rings (SSSR count). The Balaban J connectivity index is 1.90. The molecular formula is C10H17NO2S. The van der Waals surface area contributed by atoms with Gasteiger partial charge in [0.2, 0.25) is 10.0 Å². The third-order valence-electron chi connectivity index (χ3n) is 4.07. The summed E-state index contributed by atoms with van der Waals surface area (Å²) in [6.07, 6.45) is 7.42. The van der Waals surface area contributed by atoms with Crippen LogP contribution in [0.15, 0.2) is 0 Å². The van der Waals surface area contributed by atoms with Crippen molar-refractivity contribution >= 4 is 10.0 Å². The van der Waals surface area contributed by atoms with Crippen LogP contribution in [0.5, 0.6) is 0 Å². The number of hydrogen-bond acceptors (Lipinski definition) is 2. The molecule has 1 spiro atoms. The molecule has 3 nitrogen and oxygen atoms in total. The molecule has 4 heteroatoms. The highest BCUT2D eigenvalue weighted by Crippen LogP contribution is 2.49. The van der Waals surface area contributed by atoms with Crippen LogP contribution in [0.3, 0.4) is 0 Å². The summed E-state index contributed by atoms with van der Waals surface area (Å²) >= 11 is 0. The maximum atomic E-state index is 12.1. The van der Waals surface area contributed by atoms with Crippen molar-refractivity contribution < 1.29 is 8.42 Å². The van der Waals surface area contributed by atoms with E-state index in [-0.39, 0.29) is 10.8 Å². The van der Waals surface area contributed by atoms with E-state index in [1.54, 1.807) is 0 Å². The zero-order valence-corrected chi connectivity index (χ0v) is 9.22. The minimum absolute atomic E-state index is 0.0157. The van der Waals surface area contributed by atoms with Gasteiger partial charge in [-0.25, -0.2) is 8.42 Å². The molecule has 0 radical (unpaired) electrons.